The molecule has 4 rings (SSSR count). The van der Waals surface area contributed by atoms with E-state index in [9.17, 15) is 13.2 Å². The molecule has 1 amide bonds. The van der Waals surface area contributed by atoms with Gasteiger partial charge in [-0.3, -0.25) is 4.79 Å². The molecular formula is C22H25N5O3S2. The van der Waals surface area contributed by atoms with Crippen molar-refractivity contribution in [2.45, 2.75) is 36.2 Å². The minimum absolute atomic E-state index is 0.112. The van der Waals surface area contributed by atoms with E-state index in [1.54, 1.807) is 29.2 Å². The number of thioether (sulfide) groups is 1. The first kappa shape index (κ1) is 22.5. The van der Waals surface area contributed by atoms with Crippen LogP contribution in [0.3, 0.4) is 0 Å². The minimum atomic E-state index is -3.56. The third-order valence-corrected chi connectivity index (χ3v) is 8.01. The molecule has 32 heavy (non-hydrogen) atoms. The van der Waals surface area contributed by atoms with Crippen molar-refractivity contribution in [2.75, 3.05) is 24.2 Å². The van der Waals surface area contributed by atoms with Crippen LogP contribution >= 0.6 is 11.8 Å². The first-order valence-corrected chi connectivity index (χ1v) is 12.9. The SMILES string of the molecule is Cc1ccc(S(=O)(=O)N2CCCCC2)cc1NC(=O)CSc1ncn(-c2ccccc2)n1. The third-order valence-electron chi connectivity index (χ3n) is 5.26. The Kier molecular flexibility index (Phi) is 6.92. The van der Waals surface area contributed by atoms with E-state index >= 15 is 0 Å². The Labute approximate surface area is 192 Å². The van der Waals surface area contributed by atoms with Crippen LogP contribution in [0.2, 0.25) is 0 Å². The van der Waals surface area contributed by atoms with Crippen molar-refractivity contribution in [3.05, 3.63) is 60.4 Å². The van der Waals surface area contributed by atoms with Crippen LogP contribution in [0.25, 0.3) is 5.69 Å². The molecule has 3 aromatic rings. The molecule has 1 aromatic heterocycles. The number of aryl methyl sites for hydroxylation is 1. The fraction of sp³-hybridized carbons (Fsp3) is 0.318. The number of amides is 1. The van der Waals surface area contributed by atoms with Crippen LogP contribution in [-0.4, -0.2) is 52.2 Å². The lowest BCUT2D eigenvalue weighted by molar-refractivity contribution is -0.113. The number of para-hydroxylation sites is 1. The summed E-state index contributed by atoms with van der Waals surface area (Å²) in [4.78, 5) is 17.0. The number of benzene rings is 2. The second kappa shape index (κ2) is 9.85. The van der Waals surface area contributed by atoms with E-state index in [1.807, 2.05) is 37.3 Å². The molecule has 0 radical (unpaired) electrons. The lowest BCUT2D eigenvalue weighted by atomic mass is 10.2. The highest BCUT2D eigenvalue weighted by molar-refractivity contribution is 7.99. The molecule has 0 spiro atoms. The van der Waals surface area contributed by atoms with Gasteiger partial charge < -0.3 is 5.32 Å². The van der Waals surface area contributed by atoms with Gasteiger partial charge in [0.1, 0.15) is 6.33 Å². The van der Waals surface area contributed by atoms with E-state index in [-0.39, 0.29) is 16.6 Å². The van der Waals surface area contributed by atoms with E-state index < -0.39 is 10.0 Å². The molecule has 1 saturated heterocycles. The van der Waals surface area contributed by atoms with Crippen LogP contribution in [0.4, 0.5) is 5.69 Å². The molecule has 0 aliphatic carbocycles. The summed E-state index contributed by atoms with van der Waals surface area (Å²) in [7, 11) is -3.56. The Morgan fingerprint density at radius 2 is 1.84 bits per heavy atom. The van der Waals surface area contributed by atoms with Crippen molar-refractivity contribution >= 4 is 33.4 Å². The molecule has 1 aliphatic rings. The first-order chi connectivity index (χ1) is 15.4. The standard InChI is InChI=1S/C22H25N5O3S2/c1-17-10-11-19(32(29,30)26-12-6-3-7-13-26)14-20(17)24-21(28)15-31-22-23-16-27(25-22)18-8-4-2-5-9-18/h2,4-5,8-11,14,16H,3,6-7,12-13,15H2,1H3,(H,24,28). The van der Waals surface area contributed by atoms with Gasteiger partial charge in [0.25, 0.3) is 0 Å². The number of piperidine rings is 1. The summed E-state index contributed by atoms with van der Waals surface area (Å²) in [5.41, 5.74) is 2.18. The number of nitrogens with one attached hydrogen (secondary N) is 1. The van der Waals surface area contributed by atoms with Crippen LogP contribution in [-0.2, 0) is 14.8 Å². The molecule has 0 unspecified atom stereocenters. The van der Waals surface area contributed by atoms with Crippen LogP contribution in [0.5, 0.6) is 0 Å². The molecule has 2 aromatic carbocycles. The van der Waals surface area contributed by atoms with Gasteiger partial charge in [0, 0.05) is 18.8 Å². The molecule has 0 saturated carbocycles. The molecule has 8 nitrogen and oxygen atoms in total. The highest BCUT2D eigenvalue weighted by Crippen LogP contribution is 2.25. The number of carbonyl (C=O) groups excluding carboxylic acids is 1. The zero-order valence-corrected chi connectivity index (χ0v) is 19.4. The maximum Gasteiger partial charge on any atom is 0.243 e. The van der Waals surface area contributed by atoms with Gasteiger partial charge in [-0.25, -0.2) is 18.1 Å². The van der Waals surface area contributed by atoms with Gasteiger partial charge in [-0.1, -0.05) is 42.4 Å². The van der Waals surface area contributed by atoms with Gasteiger partial charge in [0.15, 0.2) is 0 Å². The molecule has 10 heteroatoms. The summed E-state index contributed by atoms with van der Waals surface area (Å²) in [6, 6.07) is 14.5. The van der Waals surface area contributed by atoms with Gasteiger partial charge in [-0.2, -0.15) is 4.31 Å². The van der Waals surface area contributed by atoms with Gasteiger partial charge >= 0.3 is 0 Å². The molecule has 1 N–H and O–H groups in total. The second-order valence-electron chi connectivity index (χ2n) is 7.59. The zero-order chi connectivity index (χ0) is 22.6. The maximum absolute atomic E-state index is 13.0. The van der Waals surface area contributed by atoms with Gasteiger partial charge in [0.05, 0.1) is 16.3 Å². The number of rotatable bonds is 7. The molecule has 1 fully saturated rings. The highest BCUT2D eigenvalue weighted by atomic mass is 32.2. The van der Waals surface area contributed by atoms with E-state index in [1.165, 1.54) is 16.1 Å². The predicted octanol–water partition coefficient (Wildman–Crippen LogP) is 3.48. The molecule has 0 bridgehead atoms. The molecule has 0 atom stereocenters. The summed E-state index contributed by atoms with van der Waals surface area (Å²) >= 11 is 1.22. The van der Waals surface area contributed by atoms with E-state index in [0.29, 0.717) is 23.9 Å². The Hall–Kier alpha value is -2.69. The smallest absolute Gasteiger partial charge is 0.243 e. The Morgan fingerprint density at radius 1 is 1.09 bits per heavy atom. The molecule has 168 valence electrons. The number of aromatic nitrogens is 3. The monoisotopic (exact) mass is 471 g/mol. The van der Waals surface area contributed by atoms with Crippen molar-refractivity contribution in [1.82, 2.24) is 19.1 Å². The summed E-state index contributed by atoms with van der Waals surface area (Å²) in [6.07, 6.45) is 4.41. The Bertz CT molecular complexity index is 1190. The lowest BCUT2D eigenvalue weighted by Crippen LogP contribution is -2.35. The van der Waals surface area contributed by atoms with Crippen molar-refractivity contribution in [3.63, 3.8) is 0 Å². The van der Waals surface area contributed by atoms with Crippen molar-refractivity contribution in [3.8, 4) is 5.69 Å². The quantitative estimate of drug-likeness (QED) is 0.530. The van der Waals surface area contributed by atoms with Crippen molar-refractivity contribution in [2.24, 2.45) is 0 Å². The zero-order valence-electron chi connectivity index (χ0n) is 17.8. The number of sulfonamides is 1. The van der Waals surface area contributed by atoms with Crippen molar-refractivity contribution < 1.29 is 13.2 Å². The normalized spacial score (nSPS) is 14.9. The summed E-state index contributed by atoms with van der Waals surface area (Å²) in [5.74, 6) is -0.136. The van der Waals surface area contributed by atoms with Crippen LogP contribution in [0.1, 0.15) is 24.8 Å². The van der Waals surface area contributed by atoms with Crippen LogP contribution < -0.4 is 5.32 Å². The second-order valence-corrected chi connectivity index (χ2v) is 10.5. The molecule has 1 aliphatic heterocycles. The van der Waals surface area contributed by atoms with Crippen molar-refractivity contribution in [1.29, 1.82) is 0 Å². The number of hydrogen-bond acceptors (Lipinski definition) is 6. The molecule has 2 heterocycles. The first-order valence-electron chi connectivity index (χ1n) is 10.4. The number of carbonyl (C=O) groups is 1. The predicted molar refractivity (Wildman–Crippen MR) is 125 cm³/mol. The van der Waals surface area contributed by atoms with Crippen LogP contribution in [0.15, 0.2) is 64.9 Å². The fourth-order valence-corrected chi connectivity index (χ4v) is 5.63. The van der Waals surface area contributed by atoms with Gasteiger partial charge in [-0.05, 0) is 49.6 Å². The van der Waals surface area contributed by atoms with Gasteiger partial charge in [0.2, 0.25) is 21.1 Å². The summed E-state index contributed by atoms with van der Waals surface area (Å²) in [5, 5.41) is 7.70. The summed E-state index contributed by atoms with van der Waals surface area (Å²) in [6.45, 7) is 2.91. The van der Waals surface area contributed by atoms with Gasteiger partial charge in [-0.15, -0.1) is 5.10 Å². The largest absolute Gasteiger partial charge is 0.325 e. The maximum atomic E-state index is 13.0. The lowest BCUT2D eigenvalue weighted by Gasteiger charge is -2.26. The number of nitrogens with zero attached hydrogens (tertiary/aromatic N) is 4. The summed E-state index contributed by atoms with van der Waals surface area (Å²) < 4.78 is 29.1. The van der Waals surface area contributed by atoms with E-state index in [0.717, 1.165) is 30.5 Å². The average Bonchev–Trinajstić information content (AvgIpc) is 3.29. The van der Waals surface area contributed by atoms with Crippen LogP contribution in [0, 0.1) is 6.92 Å². The van der Waals surface area contributed by atoms with E-state index in [4.69, 9.17) is 0 Å². The third kappa shape index (κ3) is 5.20. The highest BCUT2D eigenvalue weighted by Gasteiger charge is 2.26. The average molecular weight is 472 g/mol. The minimum Gasteiger partial charge on any atom is -0.325 e. The Balaban J connectivity index is 1.40. The number of anilines is 1. The molecular weight excluding hydrogens is 446 g/mol. The Morgan fingerprint density at radius 3 is 2.59 bits per heavy atom. The number of hydrogen-bond donors (Lipinski definition) is 1. The van der Waals surface area contributed by atoms with E-state index in [2.05, 4.69) is 15.4 Å². The fourth-order valence-electron chi connectivity index (χ4n) is 3.49. The topological polar surface area (TPSA) is 97.2 Å².